The number of rotatable bonds is 9. The summed E-state index contributed by atoms with van der Waals surface area (Å²) >= 11 is 0. The van der Waals surface area contributed by atoms with Gasteiger partial charge in [0, 0.05) is 23.6 Å². The van der Waals surface area contributed by atoms with Crippen LogP contribution >= 0.6 is 0 Å². The Balaban J connectivity index is 1.06. The molecular weight excluding hydrogens is 601 g/mol. The van der Waals surface area contributed by atoms with E-state index in [1.165, 1.54) is 63.9 Å². The first kappa shape index (κ1) is 32.7. The molecule has 0 spiro atoms. The number of aliphatic imine (C=N–C) groups is 1. The Bertz CT molecular complexity index is 1710. The fourth-order valence-corrected chi connectivity index (χ4v) is 7.24. The molecule has 47 heavy (non-hydrogen) atoms. The molecule has 3 unspecified atom stereocenters. The molecule has 1 heterocycles. The van der Waals surface area contributed by atoms with Gasteiger partial charge in [-0.2, -0.15) is 0 Å². The first-order valence-corrected chi connectivity index (χ1v) is 16.7. The van der Waals surface area contributed by atoms with Crippen molar-refractivity contribution in [1.29, 1.82) is 0 Å². The predicted octanol–water partition coefficient (Wildman–Crippen LogP) is 9.69. The molecule has 0 saturated heterocycles. The molecule has 1 aromatic heterocycles. The highest BCUT2D eigenvalue weighted by molar-refractivity contribution is 6.00. The Morgan fingerprint density at radius 2 is 1.79 bits per heavy atom. The molecular formula is C38H41F3N4O2. The third-order valence-electron chi connectivity index (χ3n) is 9.51. The molecule has 0 bridgehead atoms. The normalized spacial score (nSPS) is 20.9. The summed E-state index contributed by atoms with van der Waals surface area (Å²) in [5, 5.41) is 4.51. The van der Waals surface area contributed by atoms with Gasteiger partial charge < -0.3 is 4.74 Å². The molecule has 4 aromatic rings. The number of aryl methyl sites for hydroxylation is 2. The van der Waals surface area contributed by atoms with Gasteiger partial charge in [-0.1, -0.05) is 67.8 Å². The Labute approximate surface area is 274 Å². The summed E-state index contributed by atoms with van der Waals surface area (Å²) in [7, 11) is 0. The highest BCUT2D eigenvalue weighted by Gasteiger charge is 2.31. The number of carbonyl (C=O) groups is 1. The van der Waals surface area contributed by atoms with Gasteiger partial charge in [0.2, 0.25) is 5.91 Å². The summed E-state index contributed by atoms with van der Waals surface area (Å²) in [6.07, 6.45) is 6.74. The molecule has 0 aliphatic heterocycles. The fraction of sp³-hybridized carbons (Fsp3) is 0.421. The van der Waals surface area contributed by atoms with Gasteiger partial charge in [0.05, 0.1) is 5.69 Å². The quantitative estimate of drug-likeness (QED) is 0.182. The Morgan fingerprint density at radius 3 is 2.53 bits per heavy atom. The number of amides is 1. The van der Waals surface area contributed by atoms with Crippen LogP contribution in [0.1, 0.15) is 98.8 Å². The van der Waals surface area contributed by atoms with Crippen LogP contribution in [0.2, 0.25) is 0 Å². The highest BCUT2D eigenvalue weighted by atomic mass is 19.4. The topological polar surface area (TPSA) is 69.4 Å². The van der Waals surface area contributed by atoms with Crippen molar-refractivity contribution in [3.05, 3.63) is 95.3 Å². The smallest absolute Gasteiger partial charge is 0.406 e. The largest absolute Gasteiger partial charge is 0.573 e. The Kier molecular flexibility index (Phi) is 9.89. The molecule has 246 valence electrons. The van der Waals surface area contributed by atoms with E-state index in [9.17, 15) is 18.0 Å². The second-order valence-electron chi connectivity index (χ2n) is 13.0. The maximum Gasteiger partial charge on any atom is 0.573 e. The number of nitrogens with zero attached hydrogens (tertiary/aromatic N) is 4. The third kappa shape index (κ3) is 8.18. The van der Waals surface area contributed by atoms with Crippen molar-refractivity contribution < 1.29 is 22.7 Å². The standard InChI is InChI=1S/C38H41F3N4O2/c1-3-6-28-11-9-25(2)21-34(28)33-7-4-5-8-35(33)43-36(46)23-26-10-12-30(22-26)27-13-15-29(16-14-27)37-42-24-45(44-37)31-17-19-32(20-18-31)47-38(39,40)41/h9,11,13-21,24,26,30,33H,3-8,10,12,22-23H2,1-2H3. The van der Waals surface area contributed by atoms with Crippen LogP contribution in [0.3, 0.4) is 0 Å². The second-order valence-corrected chi connectivity index (χ2v) is 13.0. The zero-order valence-corrected chi connectivity index (χ0v) is 27.0. The molecule has 6 rings (SSSR count). The van der Waals surface area contributed by atoms with Crippen LogP contribution in [0, 0.1) is 12.8 Å². The second kappa shape index (κ2) is 14.2. The third-order valence-corrected chi connectivity index (χ3v) is 9.51. The maximum absolute atomic E-state index is 13.3. The van der Waals surface area contributed by atoms with E-state index in [-0.39, 0.29) is 17.6 Å². The number of alkyl halides is 3. The SMILES string of the molecule is CCCc1ccc(C)cc1C1CCCCC1=NC(=O)CC1CCC(c2ccc(-c3ncn(-c4ccc(OC(F)(F)F)cc4)n3)cc2)C1. The molecule has 0 N–H and O–H groups in total. The van der Waals surface area contributed by atoms with Crippen molar-refractivity contribution in [2.24, 2.45) is 10.9 Å². The summed E-state index contributed by atoms with van der Waals surface area (Å²) in [5.41, 5.74) is 7.77. The monoisotopic (exact) mass is 642 g/mol. The summed E-state index contributed by atoms with van der Waals surface area (Å²) in [6.45, 7) is 4.36. The van der Waals surface area contributed by atoms with Crippen molar-refractivity contribution in [2.45, 2.75) is 96.3 Å². The van der Waals surface area contributed by atoms with E-state index < -0.39 is 6.36 Å². The molecule has 6 nitrogen and oxygen atoms in total. The lowest BCUT2D eigenvalue weighted by atomic mass is 9.79. The van der Waals surface area contributed by atoms with Gasteiger partial charge in [-0.05, 0) is 105 Å². The van der Waals surface area contributed by atoms with Crippen molar-refractivity contribution >= 4 is 11.6 Å². The van der Waals surface area contributed by atoms with Gasteiger partial charge in [0.25, 0.3) is 0 Å². The van der Waals surface area contributed by atoms with Crippen LogP contribution in [0.15, 0.2) is 78.0 Å². The van der Waals surface area contributed by atoms with E-state index in [0.29, 0.717) is 29.8 Å². The molecule has 3 aromatic carbocycles. The zero-order chi connectivity index (χ0) is 33.0. The molecule has 3 atom stereocenters. The molecule has 2 saturated carbocycles. The summed E-state index contributed by atoms with van der Waals surface area (Å²) in [5.74, 6) is 1.24. The number of hydrogen-bond donors (Lipinski definition) is 0. The van der Waals surface area contributed by atoms with Gasteiger partial charge in [-0.25, -0.2) is 14.7 Å². The van der Waals surface area contributed by atoms with Crippen LogP contribution in [-0.2, 0) is 11.2 Å². The molecule has 1 amide bonds. The van der Waals surface area contributed by atoms with E-state index in [0.717, 1.165) is 62.6 Å². The minimum Gasteiger partial charge on any atom is -0.406 e. The van der Waals surface area contributed by atoms with Gasteiger partial charge in [0.15, 0.2) is 5.82 Å². The highest BCUT2D eigenvalue weighted by Crippen LogP contribution is 2.41. The number of ether oxygens (including phenoxy) is 1. The van der Waals surface area contributed by atoms with Crippen LogP contribution in [0.25, 0.3) is 17.1 Å². The predicted molar refractivity (Wildman–Crippen MR) is 177 cm³/mol. The van der Waals surface area contributed by atoms with Gasteiger partial charge in [0.1, 0.15) is 12.1 Å². The number of hydrogen-bond acceptors (Lipinski definition) is 4. The van der Waals surface area contributed by atoms with E-state index in [2.05, 4.69) is 59.0 Å². The molecule has 0 radical (unpaired) electrons. The number of aromatic nitrogens is 3. The van der Waals surface area contributed by atoms with Gasteiger partial charge >= 0.3 is 6.36 Å². The average molecular weight is 643 g/mol. The van der Waals surface area contributed by atoms with Crippen molar-refractivity contribution in [2.75, 3.05) is 0 Å². The van der Waals surface area contributed by atoms with Crippen LogP contribution < -0.4 is 4.74 Å². The minimum absolute atomic E-state index is 0.0294. The van der Waals surface area contributed by atoms with Crippen LogP contribution in [0.4, 0.5) is 13.2 Å². The summed E-state index contributed by atoms with van der Waals surface area (Å²) in [6, 6.07) is 20.5. The van der Waals surface area contributed by atoms with Crippen molar-refractivity contribution in [3.8, 4) is 22.8 Å². The number of halogens is 3. The zero-order valence-electron chi connectivity index (χ0n) is 27.0. The first-order valence-electron chi connectivity index (χ1n) is 16.7. The number of carbonyl (C=O) groups excluding carboxylic acids is 1. The van der Waals surface area contributed by atoms with Crippen LogP contribution in [-0.4, -0.2) is 32.7 Å². The number of benzene rings is 3. The van der Waals surface area contributed by atoms with E-state index >= 15 is 0 Å². The Morgan fingerprint density at radius 1 is 1.00 bits per heavy atom. The van der Waals surface area contributed by atoms with E-state index in [1.54, 1.807) is 0 Å². The lowest BCUT2D eigenvalue weighted by molar-refractivity contribution is -0.274. The molecule has 2 aliphatic rings. The molecule has 9 heteroatoms. The van der Waals surface area contributed by atoms with Crippen molar-refractivity contribution in [3.63, 3.8) is 0 Å². The summed E-state index contributed by atoms with van der Waals surface area (Å²) < 4.78 is 42.8. The van der Waals surface area contributed by atoms with Crippen molar-refractivity contribution in [1.82, 2.24) is 14.8 Å². The van der Waals surface area contributed by atoms with Gasteiger partial charge in [-0.15, -0.1) is 18.3 Å². The summed E-state index contributed by atoms with van der Waals surface area (Å²) in [4.78, 5) is 22.5. The molecule has 2 aliphatic carbocycles. The van der Waals surface area contributed by atoms with E-state index in [4.69, 9.17) is 4.99 Å². The van der Waals surface area contributed by atoms with Gasteiger partial charge in [-0.3, -0.25) is 4.79 Å². The average Bonchev–Trinajstić information content (AvgIpc) is 3.73. The maximum atomic E-state index is 13.3. The lowest BCUT2D eigenvalue weighted by Crippen LogP contribution is -2.21. The fourth-order valence-electron chi connectivity index (χ4n) is 7.24. The Hall–Kier alpha value is -4.27. The molecule has 2 fully saturated rings. The minimum atomic E-state index is -4.74. The van der Waals surface area contributed by atoms with E-state index in [1.807, 2.05) is 12.1 Å². The lowest BCUT2D eigenvalue weighted by Gasteiger charge is -2.27. The van der Waals surface area contributed by atoms with Crippen LogP contribution in [0.5, 0.6) is 5.75 Å². The first-order chi connectivity index (χ1) is 22.6.